The molecule has 0 bridgehead atoms. The van der Waals surface area contributed by atoms with Crippen LogP contribution in [-0.4, -0.2) is 41.0 Å². The summed E-state index contributed by atoms with van der Waals surface area (Å²) >= 11 is 6.39. The summed E-state index contributed by atoms with van der Waals surface area (Å²) in [6.45, 7) is 14.1. The van der Waals surface area contributed by atoms with Gasteiger partial charge in [0.05, 0.1) is 16.8 Å². The Balaban J connectivity index is 2.62. The second-order valence-corrected chi connectivity index (χ2v) is 11.3. The van der Waals surface area contributed by atoms with E-state index in [9.17, 15) is 19.6 Å². The lowest BCUT2D eigenvalue weighted by Crippen LogP contribution is -2.54. The number of carbonyl (C=O) groups excluding carboxylic acids is 3. The highest BCUT2D eigenvalue weighted by Gasteiger charge is 2.38. The first-order valence-corrected chi connectivity index (χ1v) is 13.4. The maximum absolute atomic E-state index is 14.1. The van der Waals surface area contributed by atoms with Crippen molar-refractivity contribution in [2.45, 2.75) is 79.5 Å². The van der Waals surface area contributed by atoms with Gasteiger partial charge in [0.15, 0.2) is 0 Å². The van der Waals surface area contributed by atoms with Crippen molar-refractivity contribution < 1.29 is 19.1 Å². The van der Waals surface area contributed by atoms with Gasteiger partial charge in [-0.05, 0) is 64.7 Å². The minimum Gasteiger partial charge on any atom is -0.444 e. The zero-order chi connectivity index (χ0) is 29.5. The molecule has 39 heavy (non-hydrogen) atoms. The van der Waals surface area contributed by atoms with Crippen LogP contribution in [0.15, 0.2) is 36.4 Å². The molecule has 0 radical (unpaired) electrons. The number of nitrogens with zero attached hydrogens (tertiary/aromatic N) is 2. The third-order valence-corrected chi connectivity index (χ3v) is 6.58. The summed E-state index contributed by atoms with van der Waals surface area (Å²) in [5.74, 6) is -1.40. The standard InChI is InChI=1S/C30H39ClN4O4/c1-9-20(4)25(34-29(38)39-30(6,7)8)28(37)35(14-13-32)26(22-16-18(2)15-19(3)17-22)27(36)33-24-21(5)11-10-12-23(24)31/h10-12,15-17,20,25-26H,9,14H2,1-8H3,(H,33,36)(H,34,38). The number of amides is 3. The number of rotatable bonds is 9. The summed E-state index contributed by atoms with van der Waals surface area (Å²) in [6, 6.07) is 10.7. The van der Waals surface area contributed by atoms with E-state index in [2.05, 4.69) is 10.6 Å². The van der Waals surface area contributed by atoms with E-state index in [1.807, 2.05) is 65.0 Å². The summed E-state index contributed by atoms with van der Waals surface area (Å²) in [5, 5.41) is 15.7. The predicted octanol–water partition coefficient (Wildman–Crippen LogP) is 6.24. The molecule has 0 saturated heterocycles. The van der Waals surface area contributed by atoms with Gasteiger partial charge in [0.2, 0.25) is 5.91 Å². The molecule has 2 aromatic carbocycles. The minimum absolute atomic E-state index is 0.306. The average Bonchev–Trinajstić information content (AvgIpc) is 2.82. The Morgan fingerprint density at radius 3 is 2.23 bits per heavy atom. The van der Waals surface area contributed by atoms with Crippen LogP contribution in [0.1, 0.15) is 69.3 Å². The third kappa shape index (κ3) is 8.72. The molecule has 2 N–H and O–H groups in total. The minimum atomic E-state index is -1.17. The molecule has 0 aliphatic heterocycles. The average molecular weight is 555 g/mol. The van der Waals surface area contributed by atoms with E-state index >= 15 is 0 Å². The molecule has 210 valence electrons. The molecule has 0 aliphatic rings. The number of ether oxygens (including phenoxy) is 1. The second-order valence-electron chi connectivity index (χ2n) is 10.9. The van der Waals surface area contributed by atoms with E-state index in [1.165, 1.54) is 4.90 Å². The van der Waals surface area contributed by atoms with E-state index in [-0.39, 0.29) is 12.5 Å². The summed E-state index contributed by atoms with van der Waals surface area (Å²) < 4.78 is 5.40. The van der Waals surface area contributed by atoms with Crippen molar-refractivity contribution >= 4 is 35.2 Å². The van der Waals surface area contributed by atoms with Crippen LogP contribution in [0.4, 0.5) is 10.5 Å². The lowest BCUT2D eigenvalue weighted by Gasteiger charge is -2.35. The zero-order valence-electron chi connectivity index (χ0n) is 24.0. The topological polar surface area (TPSA) is 112 Å². The van der Waals surface area contributed by atoms with Gasteiger partial charge in [-0.25, -0.2) is 4.79 Å². The van der Waals surface area contributed by atoms with Gasteiger partial charge in [-0.1, -0.05) is 73.3 Å². The smallest absolute Gasteiger partial charge is 0.408 e. The molecule has 3 amide bonds. The number of para-hydroxylation sites is 1. The lowest BCUT2D eigenvalue weighted by atomic mass is 9.94. The van der Waals surface area contributed by atoms with Crippen LogP contribution in [-0.2, 0) is 14.3 Å². The second kappa shape index (κ2) is 13.5. The Bertz CT molecular complexity index is 1210. The number of anilines is 1. The molecule has 0 aliphatic carbocycles. The van der Waals surface area contributed by atoms with Crippen LogP contribution in [0.3, 0.4) is 0 Å². The van der Waals surface area contributed by atoms with E-state index in [0.717, 1.165) is 16.7 Å². The summed E-state index contributed by atoms with van der Waals surface area (Å²) in [6.07, 6.45) is -0.191. The Morgan fingerprint density at radius 2 is 1.72 bits per heavy atom. The first kappa shape index (κ1) is 31.6. The van der Waals surface area contributed by atoms with Gasteiger partial charge < -0.3 is 20.3 Å². The predicted molar refractivity (Wildman–Crippen MR) is 153 cm³/mol. The van der Waals surface area contributed by atoms with Crippen molar-refractivity contribution in [2.24, 2.45) is 5.92 Å². The number of aryl methyl sites for hydroxylation is 3. The van der Waals surface area contributed by atoms with Gasteiger partial charge >= 0.3 is 6.09 Å². The van der Waals surface area contributed by atoms with Crippen molar-refractivity contribution in [2.75, 3.05) is 11.9 Å². The van der Waals surface area contributed by atoms with Crippen LogP contribution < -0.4 is 10.6 Å². The summed E-state index contributed by atoms with van der Waals surface area (Å²) in [4.78, 5) is 42.0. The zero-order valence-corrected chi connectivity index (χ0v) is 24.8. The number of hydrogen-bond donors (Lipinski definition) is 2. The monoisotopic (exact) mass is 554 g/mol. The number of nitrogens with one attached hydrogen (secondary N) is 2. The van der Waals surface area contributed by atoms with Gasteiger partial charge in [-0.2, -0.15) is 5.26 Å². The van der Waals surface area contributed by atoms with Crippen molar-refractivity contribution in [3.05, 3.63) is 63.7 Å². The summed E-state index contributed by atoms with van der Waals surface area (Å²) in [7, 11) is 0. The van der Waals surface area contributed by atoms with E-state index in [1.54, 1.807) is 32.9 Å². The molecule has 0 spiro atoms. The van der Waals surface area contributed by atoms with E-state index in [4.69, 9.17) is 16.3 Å². The highest BCUT2D eigenvalue weighted by Crippen LogP contribution is 2.30. The molecule has 2 rings (SSSR count). The molecular weight excluding hydrogens is 516 g/mol. The molecule has 2 aromatic rings. The fraction of sp³-hybridized carbons (Fsp3) is 0.467. The first-order chi connectivity index (χ1) is 18.2. The quantitative estimate of drug-likeness (QED) is 0.356. The van der Waals surface area contributed by atoms with Gasteiger partial charge in [-0.15, -0.1) is 0 Å². The molecular formula is C30H39ClN4O4. The van der Waals surface area contributed by atoms with E-state index in [0.29, 0.717) is 22.7 Å². The van der Waals surface area contributed by atoms with Crippen molar-refractivity contribution in [3.63, 3.8) is 0 Å². The first-order valence-electron chi connectivity index (χ1n) is 13.0. The van der Waals surface area contributed by atoms with Gasteiger partial charge in [0, 0.05) is 0 Å². The van der Waals surface area contributed by atoms with Crippen molar-refractivity contribution in [3.8, 4) is 6.07 Å². The number of benzene rings is 2. The number of hydrogen-bond acceptors (Lipinski definition) is 5. The van der Waals surface area contributed by atoms with Gasteiger partial charge in [0.1, 0.15) is 24.2 Å². The van der Waals surface area contributed by atoms with E-state index < -0.39 is 35.6 Å². The Kier molecular flexibility index (Phi) is 10.9. The Hall–Kier alpha value is -3.57. The molecule has 0 heterocycles. The molecule has 3 atom stereocenters. The molecule has 8 nitrogen and oxygen atoms in total. The SMILES string of the molecule is CCC(C)C(NC(=O)OC(C)(C)C)C(=O)N(CC#N)C(C(=O)Nc1c(C)cccc1Cl)c1cc(C)cc(C)c1. The summed E-state index contributed by atoms with van der Waals surface area (Å²) in [5.41, 5.74) is 2.73. The highest BCUT2D eigenvalue weighted by molar-refractivity contribution is 6.34. The number of carbonyl (C=O) groups is 3. The maximum atomic E-state index is 14.1. The van der Waals surface area contributed by atoms with Gasteiger partial charge in [0.25, 0.3) is 5.91 Å². The largest absolute Gasteiger partial charge is 0.444 e. The van der Waals surface area contributed by atoms with Crippen LogP contribution in [0.5, 0.6) is 0 Å². The highest BCUT2D eigenvalue weighted by atomic mass is 35.5. The number of nitriles is 1. The van der Waals surface area contributed by atoms with Crippen LogP contribution in [0, 0.1) is 38.0 Å². The number of halogens is 1. The Morgan fingerprint density at radius 1 is 1.10 bits per heavy atom. The van der Waals surface area contributed by atoms with Crippen molar-refractivity contribution in [1.82, 2.24) is 10.2 Å². The molecule has 3 unspecified atom stereocenters. The maximum Gasteiger partial charge on any atom is 0.408 e. The fourth-order valence-corrected chi connectivity index (χ4v) is 4.56. The fourth-order valence-electron chi connectivity index (χ4n) is 4.29. The lowest BCUT2D eigenvalue weighted by molar-refractivity contribution is -0.141. The molecule has 0 fully saturated rings. The van der Waals surface area contributed by atoms with Crippen LogP contribution in [0.25, 0.3) is 0 Å². The number of alkyl carbamates (subject to hydrolysis) is 1. The van der Waals surface area contributed by atoms with Crippen molar-refractivity contribution in [1.29, 1.82) is 5.26 Å². The third-order valence-electron chi connectivity index (χ3n) is 6.27. The molecule has 9 heteroatoms. The van der Waals surface area contributed by atoms with Crippen LogP contribution >= 0.6 is 11.6 Å². The normalized spacial score (nSPS) is 13.4. The van der Waals surface area contributed by atoms with Gasteiger partial charge in [-0.3, -0.25) is 9.59 Å². The van der Waals surface area contributed by atoms with Crippen LogP contribution in [0.2, 0.25) is 5.02 Å². The molecule has 0 saturated carbocycles. The Labute approximate surface area is 236 Å². The molecule has 0 aromatic heterocycles.